The molecule has 0 radical (unpaired) electrons. The molecule has 1 aliphatic carbocycles. The first-order chi connectivity index (χ1) is 11.0. The number of rotatable bonds is 5. The number of hydrogen-bond acceptors (Lipinski definition) is 3. The predicted molar refractivity (Wildman–Crippen MR) is 84.5 cm³/mol. The molecule has 1 amide bonds. The Morgan fingerprint density at radius 1 is 1.13 bits per heavy atom. The SMILES string of the molecule is Cc1ccc(CN(C(=O)c2ccc(C(=O)O)o2)C2CC2)cc1C. The van der Waals surface area contributed by atoms with Crippen molar-refractivity contribution in [2.24, 2.45) is 0 Å². The van der Waals surface area contributed by atoms with E-state index >= 15 is 0 Å². The highest BCUT2D eigenvalue weighted by Gasteiger charge is 2.34. The van der Waals surface area contributed by atoms with Crippen LogP contribution in [0.3, 0.4) is 0 Å². The number of benzene rings is 1. The van der Waals surface area contributed by atoms with Crippen molar-refractivity contribution in [3.63, 3.8) is 0 Å². The first-order valence-electron chi connectivity index (χ1n) is 7.66. The van der Waals surface area contributed by atoms with Gasteiger partial charge in [-0.15, -0.1) is 0 Å². The van der Waals surface area contributed by atoms with Gasteiger partial charge in [0.2, 0.25) is 5.76 Å². The zero-order valence-electron chi connectivity index (χ0n) is 13.2. The minimum atomic E-state index is -1.17. The molecule has 0 saturated heterocycles. The molecule has 0 atom stereocenters. The number of carbonyl (C=O) groups is 2. The maximum Gasteiger partial charge on any atom is 0.371 e. The number of aromatic carboxylic acids is 1. The lowest BCUT2D eigenvalue weighted by Crippen LogP contribution is -2.32. The number of aryl methyl sites for hydroxylation is 2. The molecule has 1 aliphatic rings. The Labute approximate surface area is 134 Å². The molecule has 3 rings (SSSR count). The van der Waals surface area contributed by atoms with Crippen molar-refractivity contribution in [1.82, 2.24) is 4.90 Å². The van der Waals surface area contributed by atoms with Gasteiger partial charge in [0.1, 0.15) is 0 Å². The van der Waals surface area contributed by atoms with E-state index in [4.69, 9.17) is 9.52 Å². The maximum absolute atomic E-state index is 12.7. The highest BCUT2D eigenvalue weighted by Crippen LogP contribution is 2.30. The molecule has 120 valence electrons. The summed E-state index contributed by atoms with van der Waals surface area (Å²) in [6.45, 7) is 4.61. The van der Waals surface area contributed by atoms with Crippen LogP contribution in [0, 0.1) is 13.8 Å². The maximum atomic E-state index is 12.7. The van der Waals surface area contributed by atoms with E-state index in [2.05, 4.69) is 19.1 Å². The third-order valence-electron chi connectivity index (χ3n) is 4.20. The van der Waals surface area contributed by atoms with Gasteiger partial charge in [0, 0.05) is 12.6 Å². The standard InChI is InChI=1S/C18H19NO4/c1-11-3-4-13(9-12(11)2)10-19(14-5-6-14)17(20)15-7-8-16(23-15)18(21)22/h3-4,7-9,14H,5-6,10H2,1-2H3,(H,21,22). The van der Waals surface area contributed by atoms with Crippen LogP contribution in [0.1, 0.15) is 50.6 Å². The van der Waals surface area contributed by atoms with Crippen molar-refractivity contribution in [3.05, 3.63) is 58.5 Å². The Morgan fingerprint density at radius 2 is 1.83 bits per heavy atom. The summed E-state index contributed by atoms with van der Waals surface area (Å²) >= 11 is 0. The molecule has 1 saturated carbocycles. The molecular formula is C18H19NO4. The number of furan rings is 1. The van der Waals surface area contributed by atoms with E-state index in [1.807, 2.05) is 13.0 Å². The monoisotopic (exact) mass is 313 g/mol. The number of carbonyl (C=O) groups excluding carboxylic acids is 1. The summed E-state index contributed by atoms with van der Waals surface area (Å²) in [6, 6.07) is 9.12. The van der Waals surface area contributed by atoms with Crippen LogP contribution in [-0.4, -0.2) is 27.9 Å². The molecule has 0 bridgehead atoms. The summed E-state index contributed by atoms with van der Waals surface area (Å²) in [5.41, 5.74) is 3.48. The molecule has 23 heavy (non-hydrogen) atoms. The van der Waals surface area contributed by atoms with Gasteiger partial charge in [0.25, 0.3) is 5.91 Å². The van der Waals surface area contributed by atoms with Crippen molar-refractivity contribution in [2.75, 3.05) is 0 Å². The largest absolute Gasteiger partial charge is 0.475 e. The Bertz CT molecular complexity index is 758. The smallest absolute Gasteiger partial charge is 0.371 e. The third kappa shape index (κ3) is 3.28. The molecule has 0 spiro atoms. The molecule has 5 heteroatoms. The van der Waals surface area contributed by atoms with Crippen LogP contribution in [0.5, 0.6) is 0 Å². The van der Waals surface area contributed by atoms with E-state index in [1.165, 1.54) is 23.3 Å². The van der Waals surface area contributed by atoms with E-state index in [9.17, 15) is 9.59 Å². The lowest BCUT2D eigenvalue weighted by atomic mass is 10.1. The summed E-state index contributed by atoms with van der Waals surface area (Å²) in [6.07, 6.45) is 1.95. The van der Waals surface area contributed by atoms with Gasteiger partial charge in [-0.2, -0.15) is 0 Å². The van der Waals surface area contributed by atoms with Crippen molar-refractivity contribution in [1.29, 1.82) is 0 Å². The second-order valence-electron chi connectivity index (χ2n) is 6.05. The second-order valence-corrected chi connectivity index (χ2v) is 6.05. The van der Waals surface area contributed by atoms with Crippen LogP contribution in [0.2, 0.25) is 0 Å². The van der Waals surface area contributed by atoms with Crippen LogP contribution >= 0.6 is 0 Å². The number of carboxylic acid groups (broad SMARTS) is 1. The zero-order valence-corrected chi connectivity index (χ0v) is 13.2. The molecule has 1 aromatic heterocycles. The van der Waals surface area contributed by atoms with E-state index in [1.54, 1.807) is 4.90 Å². The molecule has 0 unspecified atom stereocenters. The average molecular weight is 313 g/mol. The molecule has 0 aliphatic heterocycles. The van der Waals surface area contributed by atoms with E-state index < -0.39 is 5.97 Å². The predicted octanol–water partition coefficient (Wildman–Crippen LogP) is 3.40. The normalized spacial score (nSPS) is 13.8. The van der Waals surface area contributed by atoms with Crippen LogP contribution < -0.4 is 0 Å². The molecular weight excluding hydrogens is 294 g/mol. The highest BCUT2D eigenvalue weighted by molar-refractivity contribution is 5.93. The molecule has 1 heterocycles. The molecule has 1 N–H and O–H groups in total. The summed E-state index contributed by atoms with van der Waals surface area (Å²) in [4.78, 5) is 25.3. The lowest BCUT2D eigenvalue weighted by Gasteiger charge is -2.22. The number of amides is 1. The summed E-state index contributed by atoms with van der Waals surface area (Å²) in [5.74, 6) is -1.55. The fourth-order valence-corrected chi connectivity index (χ4v) is 2.56. The number of hydrogen-bond donors (Lipinski definition) is 1. The fraction of sp³-hybridized carbons (Fsp3) is 0.333. The average Bonchev–Trinajstić information content (AvgIpc) is 3.22. The Kier molecular flexibility index (Phi) is 3.94. The molecule has 5 nitrogen and oxygen atoms in total. The van der Waals surface area contributed by atoms with Crippen LogP contribution in [0.25, 0.3) is 0 Å². The van der Waals surface area contributed by atoms with Gasteiger partial charge in [-0.25, -0.2) is 4.79 Å². The van der Waals surface area contributed by atoms with Gasteiger partial charge in [0.05, 0.1) is 0 Å². The highest BCUT2D eigenvalue weighted by atomic mass is 16.4. The van der Waals surface area contributed by atoms with Crippen molar-refractivity contribution in [3.8, 4) is 0 Å². The summed E-state index contributed by atoms with van der Waals surface area (Å²) in [7, 11) is 0. The van der Waals surface area contributed by atoms with Gasteiger partial charge in [-0.05, 0) is 55.5 Å². The van der Waals surface area contributed by atoms with E-state index in [0.29, 0.717) is 6.54 Å². The minimum Gasteiger partial charge on any atom is -0.475 e. The van der Waals surface area contributed by atoms with Crippen LogP contribution in [-0.2, 0) is 6.54 Å². The van der Waals surface area contributed by atoms with Crippen LogP contribution in [0.4, 0.5) is 0 Å². The van der Waals surface area contributed by atoms with Crippen molar-refractivity contribution in [2.45, 2.75) is 39.3 Å². The number of nitrogens with zero attached hydrogens (tertiary/aromatic N) is 1. The third-order valence-corrected chi connectivity index (χ3v) is 4.20. The minimum absolute atomic E-state index is 0.0816. The first-order valence-corrected chi connectivity index (χ1v) is 7.66. The lowest BCUT2D eigenvalue weighted by molar-refractivity contribution is 0.0644. The van der Waals surface area contributed by atoms with Crippen molar-refractivity contribution >= 4 is 11.9 Å². The van der Waals surface area contributed by atoms with E-state index in [-0.39, 0.29) is 23.5 Å². The Hall–Kier alpha value is -2.56. The van der Waals surface area contributed by atoms with Gasteiger partial charge >= 0.3 is 5.97 Å². The van der Waals surface area contributed by atoms with Gasteiger partial charge in [-0.1, -0.05) is 18.2 Å². The quantitative estimate of drug-likeness (QED) is 0.918. The molecule has 2 aromatic rings. The zero-order chi connectivity index (χ0) is 16.6. The molecule has 1 fully saturated rings. The second kappa shape index (κ2) is 5.91. The van der Waals surface area contributed by atoms with Crippen LogP contribution in [0.15, 0.2) is 34.7 Å². The Balaban J connectivity index is 1.81. The van der Waals surface area contributed by atoms with Crippen molar-refractivity contribution < 1.29 is 19.1 Å². The Morgan fingerprint density at radius 3 is 2.39 bits per heavy atom. The number of carboxylic acids is 1. The van der Waals surface area contributed by atoms with E-state index in [0.717, 1.165) is 18.4 Å². The summed E-state index contributed by atoms with van der Waals surface area (Å²) in [5, 5.41) is 8.91. The molecule has 1 aromatic carbocycles. The topological polar surface area (TPSA) is 70.8 Å². The van der Waals surface area contributed by atoms with Gasteiger partial charge in [-0.3, -0.25) is 4.79 Å². The van der Waals surface area contributed by atoms with Gasteiger partial charge < -0.3 is 14.4 Å². The first kappa shape index (κ1) is 15.3. The fourth-order valence-electron chi connectivity index (χ4n) is 2.56. The summed E-state index contributed by atoms with van der Waals surface area (Å²) < 4.78 is 5.16. The van der Waals surface area contributed by atoms with Gasteiger partial charge in [0.15, 0.2) is 5.76 Å².